The number of hydrogen-bond acceptors (Lipinski definition) is 4. The molecule has 0 saturated heterocycles. The summed E-state index contributed by atoms with van der Waals surface area (Å²) in [5.41, 5.74) is 0.325. The molecule has 4 rings (SSSR count). The molecule has 16 heavy (non-hydrogen) atoms. The van der Waals surface area contributed by atoms with Crippen molar-refractivity contribution in [3.8, 4) is 0 Å². The van der Waals surface area contributed by atoms with Gasteiger partial charge >= 0.3 is 5.97 Å². The summed E-state index contributed by atoms with van der Waals surface area (Å²) in [6.45, 7) is 2.16. The first-order valence-corrected chi connectivity index (χ1v) is 5.87. The third kappa shape index (κ3) is 1.42. The molecule has 1 unspecified atom stereocenters. The van der Waals surface area contributed by atoms with E-state index >= 15 is 0 Å². The summed E-state index contributed by atoms with van der Waals surface area (Å²) in [4.78, 5) is 11.4. The van der Waals surface area contributed by atoms with Crippen molar-refractivity contribution in [2.24, 2.45) is 11.8 Å². The molecule has 5 nitrogen and oxygen atoms in total. The molecule has 1 heterocycles. The van der Waals surface area contributed by atoms with Gasteiger partial charge in [-0.05, 0) is 38.0 Å². The Labute approximate surface area is 93.8 Å². The van der Waals surface area contributed by atoms with Crippen molar-refractivity contribution in [1.29, 1.82) is 0 Å². The molecule has 1 aromatic heterocycles. The maximum Gasteiger partial charge on any atom is 0.360 e. The molecule has 3 aliphatic carbocycles. The molecule has 0 spiro atoms. The van der Waals surface area contributed by atoms with Crippen LogP contribution in [0.3, 0.4) is 0 Å². The highest BCUT2D eigenvalue weighted by Crippen LogP contribution is 2.54. The Morgan fingerprint density at radius 1 is 1.56 bits per heavy atom. The van der Waals surface area contributed by atoms with E-state index in [9.17, 15) is 4.79 Å². The highest BCUT2D eigenvalue weighted by atomic mass is 16.5. The molecule has 0 aromatic carbocycles. The summed E-state index contributed by atoms with van der Waals surface area (Å²) in [5, 5.41) is 7.92. The van der Waals surface area contributed by atoms with Crippen molar-refractivity contribution in [2.45, 2.75) is 32.2 Å². The first-order valence-electron chi connectivity index (χ1n) is 5.87. The van der Waals surface area contributed by atoms with E-state index in [1.807, 2.05) is 4.68 Å². The van der Waals surface area contributed by atoms with Crippen LogP contribution in [0.2, 0.25) is 0 Å². The zero-order valence-corrected chi connectivity index (χ0v) is 9.30. The average Bonchev–Trinajstić information content (AvgIpc) is 2.90. The molecule has 3 aliphatic rings. The summed E-state index contributed by atoms with van der Waals surface area (Å²) < 4.78 is 6.74. The number of carbonyl (C=O) groups excluding carboxylic acids is 1. The molecule has 86 valence electrons. The number of rotatable bonds is 3. The standard InChI is InChI=1S/C11H15N3O2/c1-2-16-11(15)9-6-14(13-12-9)10-5-7-3-8(10)4-7/h6-8,10H,2-5H2,1H3. The molecule has 0 N–H and O–H groups in total. The van der Waals surface area contributed by atoms with E-state index in [1.54, 1.807) is 13.1 Å². The zero-order valence-electron chi connectivity index (χ0n) is 9.30. The summed E-state index contributed by atoms with van der Waals surface area (Å²) in [5.74, 6) is 1.26. The highest BCUT2D eigenvalue weighted by molar-refractivity contribution is 5.86. The Morgan fingerprint density at radius 3 is 3.00 bits per heavy atom. The first kappa shape index (κ1) is 9.81. The second-order valence-electron chi connectivity index (χ2n) is 4.70. The molecular formula is C11H15N3O2. The van der Waals surface area contributed by atoms with Crippen LogP contribution in [0.5, 0.6) is 0 Å². The number of hydrogen-bond donors (Lipinski definition) is 0. The van der Waals surface area contributed by atoms with E-state index in [0.717, 1.165) is 11.8 Å². The van der Waals surface area contributed by atoms with Gasteiger partial charge in [0.25, 0.3) is 0 Å². The van der Waals surface area contributed by atoms with Gasteiger partial charge in [0.15, 0.2) is 5.69 Å². The second kappa shape index (κ2) is 3.57. The van der Waals surface area contributed by atoms with Crippen LogP contribution in [0.25, 0.3) is 0 Å². The normalized spacial score (nSPS) is 31.2. The molecule has 3 fully saturated rings. The van der Waals surface area contributed by atoms with Crippen molar-refractivity contribution < 1.29 is 9.53 Å². The van der Waals surface area contributed by atoms with Gasteiger partial charge in [0.2, 0.25) is 0 Å². The minimum Gasteiger partial charge on any atom is -0.461 e. The summed E-state index contributed by atoms with van der Waals surface area (Å²) in [7, 11) is 0. The lowest BCUT2D eigenvalue weighted by Crippen LogP contribution is -2.17. The molecule has 1 atom stereocenters. The van der Waals surface area contributed by atoms with Gasteiger partial charge in [0.1, 0.15) is 0 Å². The Hall–Kier alpha value is -1.39. The van der Waals surface area contributed by atoms with E-state index in [0.29, 0.717) is 18.3 Å². The predicted octanol–water partition coefficient (Wildman–Crippen LogP) is 1.43. The summed E-state index contributed by atoms with van der Waals surface area (Å²) in [6, 6.07) is 0.459. The largest absolute Gasteiger partial charge is 0.461 e. The van der Waals surface area contributed by atoms with Gasteiger partial charge in [-0.25, -0.2) is 9.48 Å². The minimum atomic E-state index is -0.376. The Kier molecular flexibility index (Phi) is 2.19. The van der Waals surface area contributed by atoms with Crippen molar-refractivity contribution in [1.82, 2.24) is 15.0 Å². The van der Waals surface area contributed by atoms with Gasteiger partial charge in [0.05, 0.1) is 18.8 Å². The number of aromatic nitrogens is 3. The van der Waals surface area contributed by atoms with Crippen LogP contribution in [-0.4, -0.2) is 27.6 Å². The summed E-state index contributed by atoms with van der Waals surface area (Å²) in [6.07, 6.45) is 5.55. The molecule has 0 radical (unpaired) electrons. The third-order valence-electron chi connectivity index (χ3n) is 3.73. The van der Waals surface area contributed by atoms with Crippen LogP contribution < -0.4 is 0 Å². The average molecular weight is 221 g/mol. The van der Waals surface area contributed by atoms with Crippen LogP contribution in [0.4, 0.5) is 0 Å². The molecule has 1 aromatic rings. The third-order valence-corrected chi connectivity index (χ3v) is 3.73. The smallest absolute Gasteiger partial charge is 0.360 e. The quantitative estimate of drug-likeness (QED) is 0.724. The lowest BCUT2D eigenvalue weighted by Gasteiger charge is -2.23. The predicted molar refractivity (Wildman–Crippen MR) is 55.8 cm³/mol. The van der Waals surface area contributed by atoms with Gasteiger partial charge in [-0.15, -0.1) is 5.10 Å². The van der Waals surface area contributed by atoms with Crippen molar-refractivity contribution in [3.05, 3.63) is 11.9 Å². The van der Waals surface area contributed by atoms with Crippen molar-refractivity contribution in [2.75, 3.05) is 6.61 Å². The van der Waals surface area contributed by atoms with Crippen molar-refractivity contribution >= 4 is 5.97 Å². The van der Waals surface area contributed by atoms with Crippen LogP contribution in [0, 0.1) is 11.8 Å². The fourth-order valence-corrected chi connectivity index (χ4v) is 2.89. The SMILES string of the molecule is CCOC(=O)c1cn(C2CC3CC2C3)nn1. The van der Waals surface area contributed by atoms with E-state index < -0.39 is 0 Å². The van der Waals surface area contributed by atoms with Gasteiger partial charge < -0.3 is 4.74 Å². The minimum absolute atomic E-state index is 0.325. The summed E-state index contributed by atoms with van der Waals surface area (Å²) >= 11 is 0. The number of carbonyl (C=O) groups is 1. The fourth-order valence-electron chi connectivity index (χ4n) is 2.89. The Morgan fingerprint density at radius 2 is 2.38 bits per heavy atom. The number of ether oxygens (including phenoxy) is 1. The fraction of sp³-hybridized carbons (Fsp3) is 0.727. The van der Waals surface area contributed by atoms with Crippen LogP contribution in [0.15, 0.2) is 6.20 Å². The topological polar surface area (TPSA) is 57.0 Å². The number of esters is 1. The van der Waals surface area contributed by atoms with Gasteiger partial charge in [-0.2, -0.15) is 0 Å². The monoisotopic (exact) mass is 221 g/mol. The molecule has 5 heteroatoms. The maximum absolute atomic E-state index is 11.4. The molecular weight excluding hydrogens is 206 g/mol. The van der Waals surface area contributed by atoms with Gasteiger partial charge in [0, 0.05) is 0 Å². The van der Waals surface area contributed by atoms with Crippen LogP contribution in [0.1, 0.15) is 42.7 Å². The van der Waals surface area contributed by atoms with Crippen molar-refractivity contribution in [3.63, 3.8) is 0 Å². The van der Waals surface area contributed by atoms with E-state index in [2.05, 4.69) is 10.3 Å². The van der Waals surface area contributed by atoms with Gasteiger partial charge in [-0.3, -0.25) is 0 Å². The first-order chi connectivity index (χ1) is 7.78. The Balaban J connectivity index is 1.75. The molecule has 0 amide bonds. The molecule has 3 saturated carbocycles. The van der Waals surface area contributed by atoms with E-state index in [1.165, 1.54) is 19.3 Å². The second-order valence-corrected chi connectivity index (χ2v) is 4.70. The molecule has 0 aliphatic heterocycles. The zero-order chi connectivity index (χ0) is 11.1. The van der Waals surface area contributed by atoms with E-state index in [4.69, 9.17) is 4.74 Å². The lowest BCUT2D eigenvalue weighted by atomic mass is 9.84. The Bertz CT molecular complexity index is 409. The lowest BCUT2D eigenvalue weighted by molar-refractivity contribution is 0.0519. The molecule has 2 bridgehead atoms. The maximum atomic E-state index is 11.4. The number of fused-ring (bicyclic) bond motifs is 1. The van der Waals surface area contributed by atoms with Crippen LogP contribution in [-0.2, 0) is 4.74 Å². The van der Waals surface area contributed by atoms with Crippen LogP contribution >= 0.6 is 0 Å². The van der Waals surface area contributed by atoms with E-state index in [-0.39, 0.29) is 5.97 Å². The van der Waals surface area contributed by atoms with Gasteiger partial charge in [-0.1, -0.05) is 5.21 Å². The number of nitrogens with zero attached hydrogens (tertiary/aromatic N) is 3. The highest BCUT2D eigenvalue weighted by Gasteiger charge is 2.45.